The molecule has 16 heavy (non-hydrogen) atoms. The number of methoxy groups -OCH3 is 1. The molecular weight excluding hydrogens is 230 g/mol. The third-order valence-electron chi connectivity index (χ3n) is 2.23. The molecule has 2 aromatic rings. The Bertz CT molecular complexity index is 525. The SMILES string of the molecule is COc1cc(Cl)c(O)c(-c2cn[nH]c2N)c1. The summed E-state index contributed by atoms with van der Waals surface area (Å²) >= 11 is 5.87. The molecular formula is C10H10ClN3O2. The van der Waals surface area contributed by atoms with Gasteiger partial charge in [-0.1, -0.05) is 11.6 Å². The number of nitrogens with zero attached hydrogens (tertiary/aromatic N) is 1. The molecule has 0 saturated heterocycles. The maximum atomic E-state index is 9.83. The number of nitrogen functional groups attached to an aromatic ring is 1. The van der Waals surface area contributed by atoms with Crippen molar-refractivity contribution in [3.8, 4) is 22.6 Å². The summed E-state index contributed by atoms with van der Waals surface area (Å²) in [4.78, 5) is 0. The van der Waals surface area contributed by atoms with Crippen molar-refractivity contribution in [2.45, 2.75) is 0 Å². The van der Waals surface area contributed by atoms with Crippen LogP contribution in [0.4, 0.5) is 5.82 Å². The fourth-order valence-electron chi connectivity index (χ4n) is 1.41. The van der Waals surface area contributed by atoms with E-state index in [9.17, 15) is 5.11 Å². The molecule has 1 aromatic carbocycles. The van der Waals surface area contributed by atoms with Gasteiger partial charge in [0.15, 0.2) is 0 Å². The predicted molar refractivity (Wildman–Crippen MR) is 61.7 cm³/mol. The topological polar surface area (TPSA) is 84.2 Å². The van der Waals surface area contributed by atoms with Gasteiger partial charge in [0, 0.05) is 17.2 Å². The number of phenols is 1. The van der Waals surface area contributed by atoms with Crippen molar-refractivity contribution in [1.82, 2.24) is 10.2 Å². The molecule has 4 N–H and O–H groups in total. The second-order valence-corrected chi connectivity index (χ2v) is 3.61. The van der Waals surface area contributed by atoms with Crippen LogP contribution in [0.2, 0.25) is 5.02 Å². The van der Waals surface area contributed by atoms with Gasteiger partial charge in [-0.25, -0.2) is 0 Å². The number of phenolic OH excluding ortho intramolecular Hbond substituents is 1. The molecule has 0 bridgehead atoms. The van der Waals surface area contributed by atoms with Gasteiger partial charge in [-0.15, -0.1) is 0 Å². The van der Waals surface area contributed by atoms with Gasteiger partial charge in [0.05, 0.1) is 18.3 Å². The number of ether oxygens (including phenoxy) is 1. The van der Waals surface area contributed by atoms with E-state index in [4.69, 9.17) is 22.1 Å². The highest BCUT2D eigenvalue weighted by atomic mass is 35.5. The van der Waals surface area contributed by atoms with E-state index in [2.05, 4.69) is 10.2 Å². The zero-order valence-corrected chi connectivity index (χ0v) is 9.25. The molecule has 0 saturated carbocycles. The maximum Gasteiger partial charge on any atom is 0.142 e. The van der Waals surface area contributed by atoms with E-state index < -0.39 is 0 Å². The van der Waals surface area contributed by atoms with Gasteiger partial charge in [0.1, 0.15) is 17.3 Å². The molecule has 0 fully saturated rings. The largest absolute Gasteiger partial charge is 0.506 e. The number of nitrogens with one attached hydrogen (secondary N) is 1. The molecule has 5 nitrogen and oxygen atoms in total. The van der Waals surface area contributed by atoms with E-state index in [1.807, 2.05) is 0 Å². The fraction of sp³-hybridized carbons (Fsp3) is 0.100. The minimum atomic E-state index is -0.0458. The number of aromatic nitrogens is 2. The summed E-state index contributed by atoms with van der Waals surface area (Å²) in [6, 6.07) is 3.17. The van der Waals surface area contributed by atoms with E-state index in [-0.39, 0.29) is 10.8 Å². The zero-order valence-electron chi connectivity index (χ0n) is 8.49. The molecule has 6 heteroatoms. The van der Waals surface area contributed by atoms with Crippen LogP contribution >= 0.6 is 11.6 Å². The first-order valence-electron chi connectivity index (χ1n) is 4.49. The standard InChI is InChI=1S/C10H10ClN3O2/c1-16-5-2-6(9(15)8(11)3-5)7-4-13-14-10(7)12/h2-4,15H,1H3,(H3,12,13,14). The van der Waals surface area contributed by atoms with Gasteiger partial charge in [0.2, 0.25) is 0 Å². The maximum absolute atomic E-state index is 9.83. The molecule has 0 spiro atoms. The van der Waals surface area contributed by atoms with Crippen LogP contribution in [-0.4, -0.2) is 22.4 Å². The van der Waals surface area contributed by atoms with Gasteiger partial charge in [-0.2, -0.15) is 5.10 Å². The Morgan fingerprint density at radius 1 is 1.44 bits per heavy atom. The molecule has 2 rings (SSSR count). The summed E-state index contributed by atoms with van der Waals surface area (Å²) < 4.78 is 5.06. The third-order valence-corrected chi connectivity index (χ3v) is 2.52. The summed E-state index contributed by atoms with van der Waals surface area (Å²) in [6.45, 7) is 0. The zero-order chi connectivity index (χ0) is 11.7. The normalized spacial score (nSPS) is 10.4. The summed E-state index contributed by atoms with van der Waals surface area (Å²) in [7, 11) is 1.52. The quantitative estimate of drug-likeness (QED) is 0.749. The summed E-state index contributed by atoms with van der Waals surface area (Å²) in [5.74, 6) is 0.855. The van der Waals surface area contributed by atoms with Crippen LogP contribution in [0.15, 0.2) is 18.3 Å². The predicted octanol–water partition coefficient (Wildman–Crippen LogP) is 2.03. The van der Waals surface area contributed by atoms with E-state index in [0.717, 1.165) is 0 Å². The molecule has 0 amide bonds. The number of anilines is 1. The second-order valence-electron chi connectivity index (χ2n) is 3.20. The van der Waals surface area contributed by atoms with Crippen molar-refractivity contribution in [2.75, 3.05) is 12.8 Å². The monoisotopic (exact) mass is 239 g/mol. The highest BCUT2D eigenvalue weighted by Crippen LogP contribution is 2.40. The summed E-state index contributed by atoms with van der Waals surface area (Å²) in [6.07, 6.45) is 1.51. The van der Waals surface area contributed by atoms with Crippen LogP contribution in [-0.2, 0) is 0 Å². The lowest BCUT2D eigenvalue weighted by Crippen LogP contribution is -1.90. The van der Waals surface area contributed by atoms with Crippen molar-refractivity contribution in [3.63, 3.8) is 0 Å². The number of rotatable bonds is 2. The summed E-state index contributed by atoms with van der Waals surface area (Å²) in [5.41, 5.74) is 6.73. The second kappa shape index (κ2) is 3.94. The first kappa shape index (κ1) is 10.6. The summed E-state index contributed by atoms with van der Waals surface area (Å²) in [5, 5.41) is 16.4. The minimum absolute atomic E-state index is 0.0458. The third kappa shape index (κ3) is 1.65. The van der Waals surface area contributed by atoms with Gasteiger partial charge in [0.25, 0.3) is 0 Å². The van der Waals surface area contributed by atoms with Crippen LogP contribution in [0.1, 0.15) is 0 Å². The number of aromatic hydroxyl groups is 1. The number of aromatic amines is 1. The first-order valence-corrected chi connectivity index (χ1v) is 4.87. The van der Waals surface area contributed by atoms with E-state index in [1.165, 1.54) is 19.4 Å². The van der Waals surface area contributed by atoms with E-state index >= 15 is 0 Å². The van der Waals surface area contributed by atoms with Crippen LogP contribution in [0, 0.1) is 0 Å². The number of hydrogen-bond acceptors (Lipinski definition) is 4. The number of halogens is 1. The molecule has 0 atom stereocenters. The van der Waals surface area contributed by atoms with Gasteiger partial charge >= 0.3 is 0 Å². The van der Waals surface area contributed by atoms with Crippen molar-refractivity contribution >= 4 is 17.4 Å². The van der Waals surface area contributed by atoms with Crippen LogP contribution in [0.25, 0.3) is 11.1 Å². The Morgan fingerprint density at radius 2 is 2.19 bits per heavy atom. The van der Waals surface area contributed by atoms with E-state index in [0.29, 0.717) is 22.7 Å². The smallest absolute Gasteiger partial charge is 0.142 e. The lowest BCUT2D eigenvalue weighted by atomic mass is 10.1. The Balaban J connectivity index is 2.64. The Labute approximate surface area is 96.8 Å². The Hall–Kier alpha value is -1.88. The number of hydrogen-bond donors (Lipinski definition) is 3. The lowest BCUT2D eigenvalue weighted by Gasteiger charge is -2.08. The molecule has 1 heterocycles. The number of benzene rings is 1. The van der Waals surface area contributed by atoms with Crippen molar-refractivity contribution in [1.29, 1.82) is 0 Å². The average molecular weight is 240 g/mol. The van der Waals surface area contributed by atoms with Gasteiger partial charge in [-0.05, 0) is 6.07 Å². The molecule has 0 aliphatic carbocycles. The van der Waals surface area contributed by atoms with Crippen molar-refractivity contribution in [3.05, 3.63) is 23.4 Å². The number of H-pyrrole nitrogens is 1. The van der Waals surface area contributed by atoms with Crippen LogP contribution in [0.5, 0.6) is 11.5 Å². The minimum Gasteiger partial charge on any atom is -0.506 e. The van der Waals surface area contributed by atoms with E-state index in [1.54, 1.807) is 6.07 Å². The van der Waals surface area contributed by atoms with Crippen LogP contribution < -0.4 is 10.5 Å². The van der Waals surface area contributed by atoms with Gasteiger partial charge < -0.3 is 15.6 Å². The average Bonchev–Trinajstić information content (AvgIpc) is 2.68. The molecule has 1 aromatic heterocycles. The molecule has 0 aliphatic rings. The highest BCUT2D eigenvalue weighted by molar-refractivity contribution is 6.32. The molecule has 0 unspecified atom stereocenters. The van der Waals surface area contributed by atoms with Gasteiger partial charge in [-0.3, -0.25) is 5.10 Å². The first-order chi connectivity index (χ1) is 7.63. The van der Waals surface area contributed by atoms with Crippen molar-refractivity contribution in [2.24, 2.45) is 0 Å². The molecule has 0 aliphatic heterocycles. The lowest BCUT2D eigenvalue weighted by molar-refractivity contribution is 0.413. The Kier molecular flexibility index (Phi) is 2.62. The highest BCUT2D eigenvalue weighted by Gasteiger charge is 2.14. The molecule has 84 valence electrons. The van der Waals surface area contributed by atoms with Crippen LogP contribution in [0.3, 0.4) is 0 Å². The number of nitrogens with two attached hydrogens (primary N) is 1. The Morgan fingerprint density at radius 3 is 2.75 bits per heavy atom. The van der Waals surface area contributed by atoms with Crippen molar-refractivity contribution < 1.29 is 9.84 Å². The fourth-order valence-corrected chi connectivity index (χ4v) is 1.62. The molecule has 0 radical (unpaired) electrons.